The van der Waals surface area contributed by atoms with Gasteiger partial charge in [-0.3, -0.25) is 4.79 Å². The third kappa shape index (κ3) is 37.4. The summed E-state index contributed by atoms with van der Waals surface area (Å²) >= 11 is 0. The summed E-state index contributed by atoms with van der Waals surface area (Å²) in [5.74, 6) is 4.07. The Morgan fingerprint density at radius 3 is 1.45 bits per heavy atom. The second-order valence-electron chi connectivity index (χ2n) is 15.4. The zero-order valence-electron chi connectivity index (χ0n) is 34.8. The number of ether oxygens (including phenoxy) is 2. The van der Waals surface area contributed by atoms with Gasteiger partial charge in [0, 0.05) is 25.9 Å². The maximum atomic E-state index is 12.7. The summed E-state index contributed by atoms with van der Waals surface area (Å²) in [6.07, 6.45) is 40.8. The lowest BCUT2D eigenvalue weighted by Gasteiger charge is -2.21. The minimum Gasteiger partial charge on any atom is -0.462 e. The van der Waals surface area contributed by atoms with Crippen LogP contribution in [0.1, 0.15) is 233 Å². The minimum absolute atomic E-state index is 0.0370. The lowest BCUT2D eigenvalue weighted by atomic mass is 10.0. The quantitative estimate of drug-likeness (QED) is 0.0384. The van der Waals surface area contributed by atoms with Crippen molar-refractivity contribution in [2.45, 2.75) is 239 Å². The Kier molecular flexibility index (Phi) is 41.5. The summed E-state index contributed by atoms with van der Waals surface area (Å²) in [5, 5.41) is 1.11. The molecule has 6 heteroatoms. The van der Waals surface area contributed by atoms with Gasteiger partial charge in [-0.1, -0.05) is 162 Å². The second kappa shape index (κ2) is 42.1. The molecule has 0 heterocycles. The summed E-state index contributed by atoms with van der Waals surface area (Å²) in [4.78, 5) is 15.3. The Bertz CT molecular complexity index is 757. The van der Waals surface area contributed by atoms with Crippen molar-refractivity contribution in [3.63, 3.8) is 0 Å². The molecule has 0 saturated carbocycles. The zero-order valence-corrected chi connectivity index (χ0v) is 35.6. The molecule has 0 aliphatic carbocycles. The van der Waals surface area contributed by atoms with Crippen molar-refractivity contribution in [3.8, 4) is 0 Å². The molecule has 5 nitrogen and oxygen atoms in total. The highest BCUT2D eigenvalue weighted by molar-refractivity contribution is 7.95. The minimum atomic E-state index is 0.0370. The van der Waals surface area contributed by atoms with Gasteiger partial charge in [0.05, 0.1) is 6.61 Å². The number of esters is 1. The van der Waals surface area contributed by atoms with Crippen LogP contribution in [0.25, 0.3) is 0 Å². The van der Waals surface area contributed by atoms with Crippen LogP contribution in [0, 0.1) is 0 Å². The summed E-state index contributed by atoms with van der Waals surface area (Å²) in [6.45, 7) is 11.6. The lowest BCUT2D eigenvalue weighted by molar-refractivity contribution is -0.150. The summed E-state index contributed by atoms with van der Waals surface area (Å²) < 4.78 is 12.1. The fourth-order valence-corrected chi connectivity index (χ4v) is 7.49. The van der Waals surface area contributed by atoms with Gasteiger partial charge in [0.25, 0.3) is 0 Å². The number of rotatable bonds is 41. The van der Waals surface area contributed by atoms with E-state index in [0.29, 0.717) is 6.42 Å². The maximum Gasteiger partial charge on any atom is 0.306 e. The van der Waals surface area contributed by atoms with Gasteiger partial charge in [0.15, 0.2) is 0 Å². The number of unbranched alkanes of at least 4 members (excludes halogenated alkanes) is 24. The molecule has 0 radical (unpaired) electrons. The average molecular weight is 739 g/mol. The van der Waals surface area contributed by atoms with Gasteiger partial charge in [-0.25, -0.2) is 0 Å². The maximum absolute atomic E-state index is 12.7. The van der Waals surface area contributed by atoms with Crippen molar-refractivity contribution < 1.29 is 14.3 Å². The standard InChI is InChI=1S/C45H90N2O3S/c1-5-8-11-14-17-18-19-25-33-42-49-45(51-4)37-30-26-32-40-47(41-38-46)39-31-24-20-23-29-36-44(48)50-43(34-27-21-15-12-9-6-2)35-28-22-16-13-10-7-3/h43H,4-42,46H2,1-3H3. The highest BCUT2D eigenvalue weighted by Crippen LogP contribution is 2.18. The molecule has 0 spiro atoms. The third-order valence-electron chi connectivity index (χ3n) is 10.4. The van der Waals surface area contributed by atoms with E-state index in [1.807, 2.05) is 0 Å². The highest BCUT2D eigenvalue weighted by atomic mass is 32.1. The van der Waals surface area contributed by atoms with E-state index in [1.54, 1.807) is 10.9 Å². The molecule has 0 saturated heterocycles. The van der Waals surface area contributed by atoms with E-state index in [-0.39, 0.29) is 12.1 Å². The normalized spacial score (nSPS) is 11.6. The van der Waals surface area contributed by atoms with Gasteiger partial charge in [-0.15, -0.1) is 10.9 Å². The summed E-state index contributed by atoms with van der Waals surface area (Å²) in [6, 6.07) is 0. The fourth-order valence-electron chi connectivity index (χ4n) is 7.03. The molecule has 0 bridgehead atoms. The van der Waals surface area contributed by atoms with Crippen LogP contribution < -0.4 is 5.73 Å². The molecule has 0 unspecified atom stereocenters. The van der Waals surface area contributed by atoms with Crippen molar-refractivity contribution >= 4 is 27.8 Å². The lowest BCUT2D eigenvalue weighted by Crippen LogP contribution is -2.31. The molecule has 0 aromatic heterocycles. The number of nitrogens with two attached hydrogens (primary N) is 1. The molecule has 0 fully saturated rings. The van der Waals surface area contributed by atoms with E-state index >= 15 is 0 Å². The fraction of sp³-hybridized carbons (Fsp3) is 0.933. The van der Waals surface area contributed by atoms with E-state index in [0.717, 1.165) is 69.9 Å². The average Bonchev–Trinajstić information content (AvgIpc) is 3.13. The Labute approximate surface area is 323 Å². The molecule has 0 atom stereocenters. The Hall–Kier alpha value is -0.690. The molecule has 0 aromatic rings. The van der Waals surface area contributed by atoms with Crippen LogP contribution in [0.3, 0.4) is 0 Å². The molecular weight excluding hydrogens is 649 g/mol. The number of nitrogens with zero attached hydrogens (tertiary/aromatic N) is 1. The molecule has 0 aliphatic rings. The topological polar surface area (TPSA) is 64.8 Å². The first-order valence-electron chi connectivity index (χ1n) is 22.6. The van der Waals surface area contributed by atoms with Crippen LogP contribution in [-0.4, -0.2) is 60.7 Å². The van der Waals surface area contributed by atoms with Gasteiger partial charge < -0.3 is 20.1 Å². The molecular formula is C45H90N2O3S. The number of carbonyl (C=O) groups is 1. The van der Waals surface area contributed by atoms with Crippen LogP contribution in [0.4, 0.5) is 0 Å². The predicted octanol–water partition coefficient (Wildman–Crippen LogP) is 13.4. The van der Waals surface area contributed by atoms with Crippen molar-refractivity contribution in [1.82, 2.24) is 4.90 Å². The largest absolute Gasteiger partial charge is 0.462 e. The molecule has 2 N–H and O–H groups in total. The second-order valence-corrected chi connectivity index (χ2v) is 16.1. The van der Waals surface area contributed by atoms with Crippen LogP contribution in [0.5, 0.6) is 0 Å². The van der Waals surface area contributed by atoms with Crippen molar-refractivity contribution in [2.24, 2.45) is 5.73 Å². The number of hydrogen-bond acceptors (Lipinski definition) is 5. The Morgan fingerprint density at radius 1 is 0.549 bits per heavy atom. The number of carbonyl (C=O) groups excluding carboxylic acids is 1. The SMILES string of the molecule is C=S=C(CCCCCN(CCN)CCCCCCCC(=O)OC(CCCCCCCC)CCCCCCCC)OCCCCCCCCCCC. The smallest absolute Gasteiger partial charge is 0.306 e. The molecule has 0 rings (SSSR count). The first-order chi connectivity index (χ1) is 25.1. The third-order valence-corrected chi connectivity index (χ3v) is 11.0. The van der Waals surface area contributed by atoms with E-state index in [4.69, 9.17) is 15.2 Å². The summed E-state index contributed by atoms with van der Waals surface area (Å²) in [7, 11) is 1.55. The Morgan fingerprint density at radius 2 is 0.961 bits per heavy atom. The molecule has 304 valence electrons. The number of hydrogen-bond donors (Lipinski definition) is 1. The molecule has 0 aliphatic heterocycles. The predicted molar refractivity (Wildman–Crippen MR) is 230 cm³/mol. The van der Waals surface area contributed by atoms with Gasteiger partial charge >= 0.3 is 5.97 Å². The van der Waals surface area contributed by atoms with E-state index in [9.17, 15) is 4.79 Å². The Balaban J connectivity index is 4.04. The highest BCUT2D eigenvalue weighted by Gasteiger charge is 2.14. The molecule has 0 amide bonds. The van der Waals surface area contributed by atoms with Crippen molar-refractivity contribution in [2.75, 3.05) is 32.8 Å². The van der Waals surface area contributed by atoms with Crippen molar-refractivity contribution in [3.05, 3.63) is 0 Å². The molecule has 51 heavy (non-hydrogen) atoms. The zero-order chi connectivity index (χ0) is 37.3. The van der Waals surface area contributed by atoms with Gasteiger partial charge in [0.1, 0.15) is 11.2 Å². The van der Waals surface area contributed by atoms with Gasteiger partial charge in [0.2, 0.25) is 0 Å². The van der Waals surface area contributed by atoms with E-state index in [1.165, 1.54) is 173 Å². The monoisotopic (exact) mass is 739 g/mol. The first-order valence-corrected chi connectivity index (χ1v) is 23.6. The van der Waals surface area contributed by atoms with Crippen molar-refractivity contribution in [1.29, 1.82) is 0 Å². The van der Waals surface area contributed by atoms with Gasteiger partial charge in [-0.2, -0.15) is 0 Å². The van der Waals surface area contributed by atoms with Gasteiger partial charge in [-0.05, 0) is 76.7 Å². The van der Waals surface area contributed by atoms with Crippen LogP contribution in [-0.2, 0) is 14.3 Å². The summed E-state index contributed by atoms with van der Waals surface area (Å²) in [5.41, 5.74) is 5.95. The van der Waals surface area contributed by atoms with Crippen LogP contribution >= 0.6 is 10.9 Å². The van der Waals surface area contributed by atoms with Crippen LogP contribution in [0.15, 0.2) is 0 Å². The molecule has 0 aromatic carbocycles. The van der Waals surface area contributed by atoms with Crippen LogP contribution in [0.2, 0.25) is 0 Å². The van der Waals surface area contributed by atoms with E-state index in [2.05, 4.69) is 31.5 Å². The first kappa shape index (κ1) is 50.3. The van der Waals surface area contributed by atoms with E-state index < -0.39 is 0 Å².